The molecule has 2 heterocycles. The highest BCUT2D eigenvalue weighted by Gasteiger charge is 2.36. The number of hydrogen-bond donors (Lipinski definition) is 8. The van der Waals surface area contributed by atoms with Gasteiger partial charge in [0.15, 0.2) is 5.78 Å². The number of carbonyl (C=O) groups is 5. The highest BCUT2D eigenvalue weighted by Crippen LogP contribution is 2.30. The topological polar surface area (TPSA) is 274 Å². The van der Waals surface area contributed by atoms with Crippen molar-refractivity contribution in [3.63, 3.8) is 0 Å². The predicted molar refractivity (Wildman–Crippen MR) is 146 cm³/mol. The normalized spacial score (nSPS) is 16.1. The van der Waals surface area contributed by atoms with E-state index in [-0.39, 0.29) is 24.0 Å². The largest absolute Gasteiger partial charge is 0.481 e. The van der Waals surface area contributed by atoms with Crippen LogP contribution in [0.2, 0.25) is 0 Å². The predicted octanol–water partition coefficient (Wildman–Crippen LogP) is 0.0356. The number of nitrogens with two attached hydrogens (primary N) is 3. The number of carboxylic acids is 3. The van der Waals surface area contributed by atoms with Gasteiger partial charge in [0, 0.05) is 23.6 Å². The van der Waals surface area contributed by atoms with E-state index in [1.54, 1.807) is 24.3 Å². The maximum absolute atomic E-state index is 12.9. The molecule has 41 heavy (non-hydrogen) atoms. The van der Waals surface area contributed by atoms with Crippen molar-refractivity contribution in [3.05, 3.63) is 41.0 Å². The van der Waals surface area contributed by atoms with E-state index >= 15 is 0 Å². The number of nitrogens with zero attached hydrogens (tertiary/aromatic N) is 2. The molecule has 0 saturated carbocycles. The van der Waals surface area contributed by atoms with Gasteiger partial charge in [-0.25, -0.2) is 0 Å². The van der Waals surface area contributed by atoms with E-state index in [9.17, 15) is 29.1 Å². The van der Waals surface area contributed by atoms with Crippen molar-refractivity contribution in [2.45, 2.75) is 63.1 Å². The van der Waals surface area contributed by atoms with Crippen molar-refractivity contribution in [1.82, 2.24) is 15.3 Å². The molecule has 0 fully saturated rings. The number of nitrogen functional groups attached to an aromatic ring is 2. The first kappa shape index (κ1) is 30.7. The molecule has 0 bridgehead atoms. The van der Waals surface area contributed by atoms with Crippen molar-refractivity contribution in [2.75, 3.05) is 16.8 Å². The molecule has 220 valence electrons. The number of benzene rings is 1. The van der Waals surface area contributed by atoms with Gasteiger partial charge in [0.2, 0.25) is 5.95 Å². The maximum Gasteiger partial charge on any atom is 0.320 e. The molecule has 15 nitrogen and oxygen atoms in total. The first-order valence-corrected chi connectivity index (χ1v) is 12.9. The number of carboxylic acid groups (broad SMARTS) is 3. The first-order chi connectivity index (χ1) is 19.3. The molecule has 1 aromatic heterocycles. The molecule has 1 aliphatic heterocycles. The molecule has 1 amide bonds. The van der Waals surface area contributed by atoms with Crippen molar-refractivity contribution in [3.8, 4) is 0 Å². The number of aromatic nitrogens is 2. The molecule has 0 spiro atoms. The molecule has 0 aliphatic carbocycles. The standard InChI is InChI=1S/C26H33N7O8/c27-17(25(40)41)11-15(24(38)39)20(36)18(8-9-19(34)35)31-23(37)13-6-4-12(5-7-13)2-1-3-14-10-16-21(28)32-26(29)33-22(16)30-14/h4-7,14-15,17-18H,1-3,8-11,27H2,(H,31,37)(H,34,35)(H,38,39)(H,40,41)(H5,28,29,30,32,33)/t14?,15?,17-,18-/m0/s1. The summed E-state index contributed by atoms with van der Waals surface area (Å²) in [7, 11) is 0. The van der Waals surface area contributed by atoms with Crippen molar-refractivity contribution in [2.24, 2.45) is 11.7 Å². The summed E-state index contributed by atoms with van der Waals surface area (Å²) >= 11 is 0. The quantitative estimate of drug-likeness (QED) is 0.131. The molecule has 2 unspecified atom stereocenters. The van der Waals surface area contributed by atoms with Gasteiger partial charge in [-0.3, -0.25) is 24.0 Å². The lowest BCUT2D eigenvalue weighted by atomic mass is 9.89. The summed E-state index contributed by atoms with van der Waals surface area (Å²) in [4.78, 5) is 67.8. The number of Topliss-reactive ketones (excluding diaryl/α,β-unsaturated/α-hetero) is 1. The van der Waals surface area contributed by atoms with Crippen LogP contribution < -0.4 is 27.8 Å². The Morgan fingerprint density at radius 2 is 1.71 bits per heavy atom. The van der Waals surface area contributed by atoms with Gasteiger partial charge in [0.1, 0.15) is 23.6 Å². The molecule has 15 heteroatoms. The van der Waals surface area contributed by atoms with E-state index < -0.39 is 60.4 Å². The van der Waals surface area contributed by atoms with Crippen LogP contribution in [0.1, 0.15) is 53.6 Å². The number of ketones is 1. The second-order valence-electron chi connectivity index (χ2n) is 9.86. The molecule has 1 aliphatic rings. The van der Waals surface area contributed by atoms with E-state index in [0.717, 1.165) is 24.0 Å². The SMILES string of the molecule is Nc1nc(N)c2c(n1)NC(CCCc1ccc(C(=O)N[C@@H](CCC(=O)O)C(=O)C(C[C@H](N)C(=O)O)C(=O)O)cc1)C2. The third kappa shape index (κ3) is 8.35. The Bertz CT molecular complexity index is 1320. The van der Waals surface area contributed by atoms with Crippen LogP contribution in [0.5, 0.6) is 0 Å². The molecule has 2 aromatic rings. The van der Waals surface area contributed by atoms with Gasteiger partial charge >= 0.3 is 17.9 Å². The number of nitrogens with one attached hydrogen (secondary N) is 2. The van der Waals surface area contributed by atoms with Crippen molar-refractivity contribution >= 4 is 47.2 Å². The molecule has 0 radical (unpaired) electrons. The molecule has 11 N–H and O–H groups in total. The number of hydrogen-bond acceptors (Lipinski definition) is 11. The average molecular weight is 572 g/mol. The fraction of sp³-hybridized carbons (Fsp3) is 0.423. The Hall–Kier alpha value is -4.79. The lowest BCUT2D eigenvalue weighted by molar-refractivity contribution is -0.148. The van der Waals surface area contributed by atoms with E-state index in [4.69, 9.17) is 27.4 Å². The van der Waals surface area contributed by atoms with Crippen LogP contribution in [0.25, 0.3) is 0 Å². The molecular weight excluding hydrogens is 538 g/mol. The van der Waals surface area contributed by atoms with Gasteiger partial charge < -0.3 is 43.2 Å². The lowest BCUT2D eigenvalue weighted by Crippen LogP contribution is -2.47. The summed E-state index contributed by atoms with van der Waals surface area (Å²) in [5.41, 5.74) is 19.0. The Morgan fingerprint density at radius 3 is 2.32 bits per heavy atom. The number of rotatable bonds is 15. The fourth-order valence-electron chi connectivity index (χ4n) is 4.61. The molecule has 4 atom stereocenters. The summed E-state index contributed by atoms with van der Waals surface area (Å²) in [5.74, 6) is -6.83. The Labute approximate surface area is 234 Å². The van der Waals surface area contributed by atoms with Gasteiger partial charge in [-0.15, -0.1) is 0 Å². The van der Waals surface area contributed by atoms with Gasteiger partial charge in [0.05, 0.1) is 6.04 Å². The third-order valence-corrected chi connectivity index (χ3v) is 6.83. The summed E-state index contributed by atoms with van der Waals surface area (Å²) in [6.07, 6.45) is 1.42. The zero-order valence-electron chi connectivity index (χ0n) is 22.1. The smallest absolute Gasteiger partial charge is 0.320 e. The Kier molecular flexibility index (Phi) is 10.1. The Balaban J connectivity index is 1.58. The highest BCUT2D eigenvalue weighted by molar-refractivity contribution is 6.04. The first-order valence-electron chi connectivity index (χ1n) is 12.9. The van der Waals surface area contributed by atoms with Gasteiger partial charge in [-0.05, 0) is 56.2 Å². The van der Waals surface area contributed by atoms with Crippen LogP contribution in [0.15, 0.2) is 24.3 Å². The Morgan fingerprint density at radius 1 is 1.02 bits per heavy atom. The summed E-state index contributed by atoms with van der Waals surface area (Å²) < 4.78 is 0. The number of aliphatic carboxylic acids is 3. The fourth-order valence-corrected chi connectivity index (χ4v) is 4.61. The van der Waals surface area contributed by atoms with Crippen LogP contribution in [0.4, 0.5) is 17.6 Å². The molecular formula is C26H33N7O8. The average Bonchev–Trinajstić information content (AvgIpc) is 3.32. The van der Waals surface area contributed by atoms with Crippen LogP contribution in [-0.2, 0) is 32.0 Å². The van der Waals surface area contributed by atoms with Gasteiger partial charge in [-0.2, -0.15) is 9.97 Å². The molecule has 3 rings (SSSR count). The van der Waals surface area contributed by atoms with Crippen LogP contribution in [0, 0.1) is 5.92 Å². The summed E-state index contributed by atoms with van der Waals surface area (Å²) in [6.45, 7) is 0. The van der Waals surface area contributed by atoms with E-state index in [0.29, 0.717) is 24.5 Å². The summed E-state index contributed by atoms with van der Waals surface area (Å²) in [5, 5.41) is 33.2. The van der Waals surface area contributed by atoms with E-state index in [1.807, 2.05) is 0 Å². The number of fused-ring (bicyclic) bond motifs is 1. The number of amides is 1. The zero-order chi connectivity index (χ0) is 30.3. The maximum atomic E-state index is 12.9. The van der Waals surface area contributed by atoms with Crippen LogP contribution in [0.3, 0.4) is 0 Å². The number of carbonyl (C=O) groups excluding carboxylic acids is 2. The minimum Gasteiger partial charge on any atom is -0.481 e. The second-order valence-corrected chi connectivity index (χ2v) is 9.86. The molecule has 1 aromatic carbocycles. The third-order valence-electron chi connectivity index (χ3n) is 6.83. The van der Waals surface area contributed by atoms with Crippen LogP contribution >= 0.6 is 0 Å². The van der Waals surface area contributed by atoms with Crippen molar-refractivity contribution in [1.29, 1.82) is 0 Å². The van der Waals surface area contributed by atoms with Gasteiger partial charge in [0.25, 0.3) is 5.91 Å². The zero-order valence-corrected chi connectivity index (χ0v) is 22.1. The highest BCUT2D eigenvalue weighted by atomic mass is 16.4. The van der Waals surface area contributed by atoms with Gasteiger partial charge in [-0.1, -0.05) is 12.1 Å². The number of anilines is 3. The molecule has 0 saturated heterocycles. The summed E-state index contributed by atoms with van der Waals surface area (Å²) in [6, 6.07) is 3.60. The van der Waals surface area contributed by atoms with Crippen LogP contribution in [-0.4, -0.2) is 73.0 Å². The lowest BCUT2D eigenvalue weighted by Gasteiger charge is -2.22. The minimum absolute atomic E-state index is 0.111. The van der Waals surface area contributed by atoms with E-state index in [1.165, 1.54) is 0 Å². The second kappa shape index (κ2) is 13.5. The number of aryl methyl sites for hydroxylation is 1. The minimum atomic E-state index is -1.84. The monoisotopic (exact) mass is 571 g/mol. The van der Waals surface area contributed by atoms with E-state index in [2.05, 4.69) is 20.6 Å². The van der Waals surface area contributed by atoms with Crippen molar-refractivity contribution < 1.29 is 39.3 Å².